The van der Waals surface area contributed by atoms with Gasteiger partial charge in [0.25, 0.3) is 10.0 Å². The Labute approximate surface area is 120 Å². The number of aromatic nitrogens is 2. The van der Waals surface area contributed by atoms with E-state index in [9.17, 15) is 12.8 Å². The number of H-pyrrole nitrogens is 1. The van der Waals surface area contributed by atoms with Crippen molar-refractivity contribution < 1.29 is 12.8 Å². The van der Waals surface area contributed by atoms with Gasteiger partial charge in [0.1, 0.15) is 10.7 Å². The Morgan fingerprint density at radius 3 is 2.80 bits per heavy atom. The molecule has 20 heavy (non-hydrogen) atoms. The number of aromatic amines is 1. The van der Waals surface area contributed by atoms with Crippen LogP contribution in [0.2, 0.25) is 5.02 Å². The number of rotatable bonds is 5. The molecule has 108 valence electrons. The van der Waals surface area contributed by atoms with Crippen molar-refractivity contribution >= 4 is 27.3 Å². The van der Waals surface area contributed by atoms with Gasteiger partial charge in [-0.1, -0.05) is 11.6 Å². The molecule has 0 aliphatic rings. The summed E-state index contributed by atoms with van der Waals surface area (Å²) >= 11 is 5.84. The maximum Gasteiger partial charge on any atom is 0.264 e. The second-order valence-corrected chi connectivity index (χ2v) is 6.09. The number of hydrogen-bond acceptors (Lipinski definition) is 4. The van der Waals surface area contributed by atoms with Crippen molar-refractivity contribution in [3.8, 4) is 0 Å². The van der Waals surface area contributed by atoms with Gasteiger partial charge in [-0.2, -0.15) is 5.10 Å². The molecule has 1 heterocycles. The monoisotopic (exact) mass is 318 g/mol. The zero-order chi connectivity index (χ0) is 14.8. The minimum absolute atomic E-state index is 0.143. The van der Waals surface area contributed by atoms with E-state index in [2.05, 4.69) is 20.2 Å². The Kier molecular flexibility index (Phi) is 4.26. The number of hydrogen-bond donors (Lipinski definition) is 3. The van der Waals surface area contributed by atoms with Gasteiger partial charge in [-0.15, -0.1) is 0 Å². The van der Waals surface area contributed by atoms with E-state index < -0.39 is 20.7 Å². The van der Waals surface area contributed by atoms with E-state index in [0.29, 0.717) is 0 Å². The van der Waals surface area contributed by atoms with E-state index >= 15 is 0 Å². The Hall–Kier alpha value is -1.64. The number of benzene rings is 1. The van der Waals surface area contributed by atoms with Gasteiger partial charge in [0.05, 0.1) is 11.9 Å². The topological polar surface area (TPSA) is 86.9 Å². The first kappa shape index (κ1) is 14.8. The fourth-order valence-corrected chi connectivity index (χ4v) is 3.14. The maximum atomic E-state index is 14.2. The average molecular weight is 319 g/mol. The Morgan fingerprint density at radius 1 is 1.45 bits per heavy atom. The van der Waals surface area contributed by atoms with Crippen molar-refractivity contribution in [2.75, 3.05) is 11.8 Å². The van der Waals surface area contributed by atoms with Crippen LogP contribution < -0.4 is 10.0 Å². The number of nitrogens with one attached hydrogen (secondary N) is 3. The highest BCUT2D eigenvalue weighted by Crippen LogP contribution is 2.25. The standard InChI is InChI=1S/C11H12ClFN4O2S/c1-14-4-7-2-8(12)3-10(11(7)13)20(18,19)17-9-5-15-16-6-9/h2-3,5-6,14,17H,4H2,1H3,(H,15,16). The highest BCUT2D eigenvalue weighted by atomic mass is 35.5. The summed E-state index contributed by atoms with van der Waals surface area (Å²) in [4.78, 5) is -0.503. The summed E-state index contributed by atoms with van der Waals surface area (Å²) in [5.74, 6) is -0.834. The number of anilines is 1. The second kappa shape index (κ2) is 5.78. The lowest BCUT2D eigenvalue weighted by Crippen LogP contribution is -2.16. The smallest absolute Gasteiger partial charge is 0.264 e. The molecule has 0 saturated carbocycles. The van der Waals surface area contributed by atoms with Crippen molar-refractivity contribution in [3.63, 3.8) is 0 Å². The predicted molar refractivity (Wildman–Crippen MR) is 73.6 cm³/mol. The molecule has 6 nitrogen and oxygen atoms in total. The summed E-state index contributed by atoms with van der Waals surface area (Å²) in [6.07, 6.45) is 2.61. The van der Waals surface area contributed by atoms with E-state index in [-0.39, 0.29) is 22.8 Å². The summed E-state index contributed by atoms with van der Waals surface area (Å²) in [7, 11) is -2.45. The van der Waals surface area contributed by atoms with Crippen LogP contribution in [0.25, 0.3) is 0 Å². The summed E-state index contributed by atoms with van der Waals surface area (Å²) < 4.78 is 40.7. The van der Waals surface area contributed by atoms with Crippen LogP contribution in [-0.4, -0.2) is 25.7 Å². The molecule has 1 aromatic carbocycles. The molecule has 2 aromatic rings. The lowest BCUT2D eigenvalue weighted by Gasteiger charge is -2.11. The van der Waals surface area contributed by atoms with Gasteiger partial charge in [-0.05, 0) is 19.2 Å². The van der Waals surface area contributed by atoms with E-state index in [1.54, 1.807) is 7.05 Å². The molecule has 0 radical (unpaired) electrons. The zero-order valence-corrected chi connectivity index (χ0v) is 12.0. The maximum absolute atomic E-state index is 14.2. The molecule has 0 atom stereocenters. The summed E-state index contributed by atoms with van der Waals surface area (Å²) in [6, 6.07) is 2.45. The molecule has 9 heteroatoms. The third kappa shape index (κ3) is 3.09. The first-order valence-corrected chi connectivity index (χ1v) is 7.44. The van der Waals surface area contributed by atoms with Crippen LogP contribution in [0.3, 0.4) is 0 Å². The Bertz CT molecular complexity index is 703. The van der Waals surface area contributed by atoms with Crippen molar-refractivity contribution in [2.45, 2.75) is 11.4 Å². The molecular formula is C11H12ClFN4O2S. The normalized spacial score (nSPS) is 11.6. The summed E-state index contributed by atoms with van der Waals surface area (Å²) in [6.45, 7) is 0.167. The van der Waals surface area contributed by atoms with Gasteiger partial charge in [-0.3, -0.25) is 9.82 Å². The Morgan fingerprint density at radius 2 is 2.20 bits per heavy atom. The van der Waals surface area contributed by atoms with Crippen LogP contribution in [-0.2, 0) is 16.6 Å². The van der Waals surface area contributed by atoms with Gasteiger partial charge >= 0.3 is 0 Å². The van der Waals surface area contributed by atoms with Gasteiger partial charge in [0, 0.05) is 23.3 Å². The van der Waals surface area contributed by atoms with E-state index in [1.165, 1.54) is 18.5 Å². The lowest BCUT2D eigenvalue weighted by atomic mass is 10.2. The van der Waals surface area contributed by atoms with Crippen LogP contribution in [0.5, 0.6) is 0 Å². The van der Waals surface area contributed by atoms with Crippen LogP contribution >= 0.6 is 11.6 Å². The Balaban J connectivity index is 2.45. The van der Waals surface area contributed by atoms with E-state index in [4.69, 9.17) is 11.6 Å². The van der Waals surface area contributed by atoms with Gasteiger partial charge in [-0.25, -0.2) is 12.8 Å². The SMILES string of the molecule is CNCc1cc(Cl)cc(S(=O)(=O)Nc2cn[nH]c2)c1F. The van der Waals surface area contributed by atoms with Crippen LogP contribution in [0.1, 0.15) is 5.56 Å². The molecule has 0 unspecified atom stereocenters. The molecule has 0 aliphatic heterocycles. The highest BCUT2D eigenvalue weighted by Gasteiger charge is 2.22. The average Bonchev–Trinajstić information content (AvgIpc) is 2.85. The predicted octanol–water partition coefficient (Wildman–Crippen LogP) is 1.72. The van der Waals surface area contributed by atoms with E-state index in [0.717, 1.165) is 6.07 Å². The molecule has 0 aliphatic carbocycles. The van der Waals surface area contributed by atoms with Crippen LogP contribution in [0, 0.1) is 5.82 Å². The van der Waals surface area contributed by atoms with Crippen molar-refractivity contribution in [2.24, 2.45) is 0 Å². The van der Waals surface area contributed by atoms with Crippen molar-refractivity contribution in [3.05, 3.63) is 40.9 Å². The third-order valence-corrected chi connectivity index (χ3v) is 4.09. The number of nitrogens with zero attached hydrogens (tertiary/aromatic N) is 1. The van der Waals surface area contributed by atoms with Gasteiger partial charge in [0.2, 0.25) is 0 Å². The summed E-state index contributed by atoms with van der Waals surface area (Å²) in [5, 5.41) is 8.95. The quantitative estimate of drug-likeness (QED) is 0.783. The molecule has 0 saturated heterocycles. The molecule has 1 aromatic heterocycles. The first-order valence-electron chi connectivity index (χ1n) is 5.58. The minimum atomic E-state index is -4.07. The summed E-state index contributed by atoms with van der Waals surface area (Å²) in [5.41, 5.74) is 0.382. The van der Waals surface area contributed by atoms with Crippen molar-refractivity contribution in [1.29, 1.82) is 0 Å². The largest absolute Gasteiger partial charge is 0.316 e. The fraction of sp³-hybridized carbons (Fsp3) is 0.182. The second-order valence-electron chi connectivity index (χ2n) is 4.00. The zero-order valence-electron chi connectivity index (χ0n) is 10.4. The first-order chi connectivity index (χ1) is 9.44. The molecular weight excluding hydrogens is 307 g/mol. The van der Waals surface area contributed by atoms with Crippen LogP contribution in [0.4, 0.5) is 10.1 Å². The van der Waals surface area contributed by atoms with Crippen LogP contribution in [0.15, 0.2) is 29.4 Å². The van der Waals surface area contributed by atoms with E-state index in [1.807, 2.05) is 0 Å². The number of halogens is 2. The molecule has 0 amide bonds. The van der Waals surface area contributed by atoms with Gasteiger partial charge in [0.15, 0.2) is 0 Å². The van der Waals surface area contributed by atoms with Gasteiger partial charge < -0.3 is 5.32 Å². The highest BCUT2D eigenvalue weighted by molar-refractivity contribution is 7.92. The minimum Gasteiger partial charge on any atom is -0.316 e. The molecule has 3 N–H and O–H groups in total. The number of sulfonamides is 1. The fourth-order valence-electron chi connectivity index (χ4n) is 1.65. The molecule has 0 spiro atoms. The third-order valence-electron chi connectivity index (χ3n) is 2.49. The van der Waals surface area contributed by atoms with Crippen molar-refractivity contribution in [1.82, 2.24) is 15.5 Å². The molecule has 0 bridgehead atoms. The molecule has 2 rings (SSSR count). The lowest BCUT2D eigenvalue weighted by molar-refractivity contribution is 0.556. The molecule has 0 fully saturated rings.